The molecule has 0 fully saturated rings. The summed E-state index contributed by atoms with van der Waals surface area (Å²) in [6.07, 6.45) is 1.57. The van der Waals surface area contributed by atoms with Crippen LogP contribution in [0.15, 0.2) is 121 Å². The number of benzene rings is 5. The second-order valence-electron chi connectivity index (χ2n) is 11.4. The van der Waals surface area contributed by atoms with E-state index in [4.69, 9.17) is 9.47 Å². The van der Waals surface area contributed by atoms with E-state index in [-0.39, 0.29) is 12.3 Å². The van der Waals surface area contributed by atoms with Gasteiger partial charge in [-0.2, -0.15) is 0 Å². The van der Waals surface area contributed by atoms with Crippen molar-refractivity contribution in [2.24, 2.45) is 0 Å². The molecular formula is C40H39NO5. The molecule has 0 bridgehead atoms. The van der Waals surface area contributed by atoms with Gasteiger partial charge in [-0.05, 0) is 76.1 Å². The lowest BCUT2D eigenvalue weighted by Crippen LogP contribution is -2.26. The zero-order valence-corrected chi connectivity index (χ0v) is 26.3. The lowest BCUT2D eigenvalue weighted by molar-refractivity contribution is -0.137. The van der Waals surface area contributed by atoms with Crippen LogP contribution in [0.4, 0.5) is 0 Å². The fourth-order valence-electron chi connectivity index (χ4n) is 5.39. The minimum absolute atomic E-state index is 0.0452. The number of rotatable bonds is 14. The normalized spacial score (nSPS) is 10.7. The van der Waals surface area contributed by atoms with Gasteiger partial charge in [0.2, 0.25) is 5.91 Å². The Morgan fingerprint density at radius 2 is 1.33 bits per heavy atom. The van der Waals surface area contributed by atoms with Gasteiger partial charge in [0.25, 0.3) is 0 Å². The number of hydrogen-bond donors (Lipinski definition) is 1. The van der Waals surface area contributed by atoms with Gasteiger partial charge in [-0.15, -0.1) is 0 Å². The fraction of sp³-hybridized carbons (Fsp3) is 0.200. The number of aryl methyl sites for hydroxylation is 2. The van der Waals surface area contributed by atoms with Crippen LogP contribution in [0.3, 0.4) is 0 Å². The van der Waals surface area contributed by atoms with E-state index in [1.807, 2.05) is 85.9 Å². The smallest absolute Gasteiger partial charge is 0.303 e. The Labute approximate surface area is 270 Å². The monoisotopic (exact) mass is 613 g/mol. The van der Waals surface area contributed by atoms with Gasteiger partial charge < -0.3 is 19.5 Å². The molecule has 0 atom stereocenters. The van der Waals surface area contributed by atoms with Gasteiger partial charge in [-0.1, -0.05) is 97.1 Å². The molecule has 0 spiro atoms. The van der Waals surface area contributed by atoms with Crippen molar-refractivity contribution in [3.63, 3.8) is 0 Å². The lowest BCUT2D eigenvalue weighted by atomic mass is 9.99. The van der Waals surface area contributed by atoms with Gasteiger partial charge in [0.1, 0.15) is 18.1 Å². The average Bonchev–Trinajstić information content (AvgIpc) is 3.09. The van der Waals surface area contributed by atoms with Crippen molar-refractivity contribution in [1.29, 1.82) is 0 Å². The predicted molar refractivity (Wildman–Crippen MR) is 182 cm³/mol. The summed E-state index contributed by atoms with van der Waals surface area (Å²) in [5.41, 5.74) is 8.20. The van der Waals surface area contributed by atoms with E-state index in [1.165, 1.54) is 5.56 Å². The second-order valence-corrected chi connectivity index (χ2v) is 11.4. The van der Waals surface area contributed by atoms with Crippen LogP contribution < -0.4 is 9.47 Å². The number of carbonyl (C=O) groups is 2. The summed E-state index contributed by atoms with van der Waals surface area (Å²) < 4.78 is 11.7. The van der Waals surface area contributed by atoms with Crippen molar-refractivity contribution in [2.75, 3.05) is 14.2 Å². The highest BCUT2D eigenvalue weighted by molar-refractivity contribution is 5.77. The first-order chi connectivity index (χ1) is 22.4. The molecule has 5 aromatic rings. The Balaban J connectivity index is 1.25. The highest BCUT2D eigenvalue weighted by atomic mass is 16.5. The van der Waals surface area contributed by atoms with Crippen LogP contribution in [0.25, 0.3) is 22.3 Å². The predicted octanol–water partition coefficient (Wildman–Crippen LogP) is 8.22. The molecule has 46 heavy (non-hydrogen) atoms. The van der Waals surface area contributed by atoms with Gasteiger partial charge in [-0.25, -0.2) is 0 Å². The maximum atomic E-state index is 13.1. The third kappa shape index (κ3) is 8.85. The van der Waals surface area contributed by atoms with Crippen LogP contribution >= 0.6 is 0 Å². The molecule has 234 valence electrons. The van der Waals surface area contributed by atoms with Crippen molar-refractivity contribution < 1.29 is 24.2 Å². The van der Waals surface area contributed by atoms with E-state index >= 15 is 0 Å². The third-order valence-corrected chi connectivity index (χ3v) is 7.97. The Hall–Kier alpha value is -5.36. The number of carbonyl (C=O) groups excluding carboxylic acids is 1. The SMILES string of the molecule is COc1cccc(COc2cc(CCC(=O)O)ccc2-c2cccc(CN(C)C(=O)CCc3ccc(-c4ccccc4)cc3)c2)c1. The van der Waals surface area contributed by atoms with Crippen LogP contribution in [-0.4, -0.2) is 36.0 Å². The standard InChI is InChI=1S/C40H39NO5/c1-41(39(42)22-17-29-14-19-34(20-15-29)33-10-4-3-5-11-33)27-31-8-6-12-35(24-31)37-21-16-30(18-23-40(43)44)26-38(37)46-28-32-9-7-13-36(25-32)45-2/h3-16,19-21,24-26H,17-18,22-23,27-28H2,1-2H3,(H,43,44). The van der Waals surface area contributed by atoms with Gasteiger partial charge >= 0.3 is 5.97 Å². The van der Waals surface area contributed by atoms with Crippen molar-refractivity contribution in [1.82, 2.24) is 4.90 Å². The summed E-state index contributed by atoms with van der Waals surface area (Å²) >= 11 is 0. The van der Waals surface area contributed by atoms with Gasteiger partial charge in [0.05, 0.1) is 7.11 Å². The van der Waals surface area contributed by atoms with Crippen LogP contribution in [-0.2, 0) is 35.6 Å². The number of carboxylic acid groups (broad SMARTS) is 1. The minimum Gasteiger partial charge on any atom is -0.497 e. The maximum absolute atomic E-state index is 13.1. The first-order valence-electron chi connectivity index (χ1n) is 15.5. The molecule has 1 amide bonds. The summed E-state index contributed by atoms with van der Waals surface area (Å²) in [4.78, 5) is 26.1. The molecule has 0 unspecified atom stereocenters. The number of carboxylic acids is 1. The Morgan fingerprint density at radius 3 is 2.09 bits per heavy atom. The molecule has 0 aliphatic rings. The third-order valence-electron chi connectivity index (χ3n) is 7.97. The van der Waals surface area contributed by atoms with Gasteiger partial charge in [0, 0.05) is 32.0 Å². The molecule has 0 heterocycles. The lowest BCUT2D eigenvalue weighted by Gasteiger charge is -2.19. The van der Waals surface area contributed by atoms with Crippen LogP contribution in [0.5, 0.6) is 11.5 Å². The van der Waals surface area contributed by atoms with E-state index < -0.39 is 5.97 Å². The molecule has 0 saturated carbocycles. The van der Waals surface area contributed by atoms with Crippen molar-refractivity contribution in [3.05, 3.63) is 144 Å². The number of ether oxygens (including phenoxy) is 2. The Morgan fingerprint density at radius 1 is 0.652 bits per heavy atom. The second kappa shape index (κ2) is 15.6. The van der Waals surface area contributed by atoms with Crippen molar-refractivity contribution in [2.45, 2.75) is 38.8 Å². The molecule has 1 N–H and O–H groups in total. The summed E-state index contributed by atoms with van der Waals surface area (Å²) in [6, 6.07) is 40.4. The van der Waals surface area contributed by atoms with E-state index in [1.54, 1.807) is 12.0 Å². The Kier molecular flexibility index (Phi) is 10.9. The number of nitrogens with zero attached hydrogens (tertiary/aromatic N) is 1. The largest absolute Gasteiger partial charge is 0.497 e. The first-order valence-corrected chi connectivity index (χ1v) is 15.5. The van der Waals surface area contributed by atoms with Crippen LogP contribution in [0.1, 0.15) is 35.1 Å². The first kappa shape index (κ1) is 32.0. The maximum Gasteiger partial charge on any atom is 0.303 e. The minimum atomic E-state index is -0.838. The molecule has 5 aromatic carbocycles. The zero-order valence-electron chi connectivity index (χ0n) is 26.3. The van der Waals surface area contributed by atoms with Gasteiger partial charge in [0.15, 0.2) is 0 Å². The quantitative estimate of drug-likeness (QED) is 0.137. The number of amides is 1. The molecular weight excluding hydrogens is 574 g/mol. The Bertz CT molecular complexity index is 1760. The highest BCUT2D eigenvalue weighted by Gasteiger charge is 2.14. The zero-order chi connectivity index (χ0) is 32.3. The molecule has 0 aromatic heterocycles. The summed E-state index contributed by atoms with van der Waals surface area (Å²) in [6.45, 7) is 0.814. The molecule has 0 radical (unpaired) electrons. The number of methoxy groups -OCH3 is 1. The van der Waals surface area contributed by atoms with Crippen LogP contribution in [0.2, 0.25) is 0 Å². The fourth-order valence-corrected chi connectivity index (χ4v) is 5.39. The molecule has 0 aliphatic carbocycles. The van der Waals surface area contributed by atoms with Crippen LogP contribution in [0, 0.1) is 0 Å². The number of hydrogen-bond acceptors (Lipinski definition) is 4. The molecule has 0 aliphatic heterocycles. The van der Waals surface area contributed by atoms with E-state index in [0.717, 1.165) is 44.7 Å². The van der Waals surface area contributed by atoms with E-state index in [9.17, 15) is 14.7 Å². The molecule has 5 rings (SSSR count). The summed E-state index contributed by atoms with van der Waals surface area (Å²) in [7, 11) is 3.47. The van der Waals surface area contributed by atoms with E-state index in [2.05, 4.69) is 42.5 Å². The molecule has 0 saturated heterocycles. The molecule has 6 nitrogen and oxygen atoms in total. The van der Waals surface area contributed by atoms with Crippen molar-refractivity contribution >= 4 is 11.9 Å². The molecule has 6 heteroatoms. The van der Waals surface area contributed by atoms with E-state index in [0.29, 0.717) is 38.2 Å². The summed E-state index contributed by atoms with van der Waals surface area (Å²) in [5.74, 6) is 0.673. The summed E-state index contributed by atoms with van der Waals surface area (Å²) in [5, 5.41) is 9.19. The van der Waals surface area contributed by atoms with Crippen molar-refractivity contribution in [3.8, 4) is 33.8 Å². The topological polar surface area (TPSA) is 76.1 Å². The van der Waals surface area contributed by atoms with Gasteiger partial charge in [-0.3, -0.25) is 9.59 Å². The number of aliphatic carboxylic acids is 1. The highest BCUT2D eigenvalue weighted by Crippen LogP contribution is 2.33. The average molecular weight is 614 g/mol.